The van der Waals surface area contributed by atoms with Crippen molar-refractivity contribution in [2.45, 2.75) is 252 Å². The number of ether oxygens (including phenoxy) is 3. The molecule has 6 heteroatoms. The predicted octanol–water partition coefficient (Wildman–Crippen LogP) is 15.4. The van der Waals surface area contributed by atoms with E-state index in [2.05, 4.69) is 57.2 Å². The van der Waals surface area contributed by atoms with Gasteiger partial charge >= 0.3 is 17.9 Å². The van der Waals surface area contributed by atoms with Crippen LogP contribution in [0.3, 0.4) is 0 Å². The van der Waals surface area contributed by atoms with E-state index < -0.39 is 6.10 Å². The Kier molecular flexibility index (Phi) is 43.4. The SMILES string of the molecule is CC/C=C\C/C=C\C/C=C\CCCCCCC(=O)OCC(COC(=O)CCCCCCCCCCCC)OC(=O)CCCCCCCCCCCCCCCC. The molecule has 1 unspecified atom stereocenters. The zero-order valence-corrected chi connectivity index (χ0v) is 37.2. The van der Waals surface area contributed by atoms with E-state index in [1.807, 2.05) is 0 Å². The van der Waals surface area contributed by atoms with E-state index in [4.69, 9.17) is 14.2 Å². The van der Waals surface area contributed by atoms with Crippen LogP contribution < -0.4 is 0 Å². The van der Waals surface area contributed by atoms with Gasteiger partial charge in [0.25, 0.3) is 0 Å². The highest BCUT2D eigenvalue weighted by molar-refractivity contribution is 5.71. The summed E-state index contributed by atoms with van der Waals surface area (Å²) in [5.41, 5.74) is 0. The van der Waals surface area contributed by atoms with Crippen molar-refractivity contribution in [3.05, 3.63) is 36.5 Å². The molecule has 56 heavy (non-hydrogen) atoms. The van der Waals surface area contributed by atoms with Gasteiger partial charge in [0.15, 0.2) is 6.10 Å². The van der Waals surface area contributed by atoms with Gasteiger partial charge in [0.1, 0.15) is 13.2 Å². The second-order valence-corrected chi connectivity index (χ2v) is 16.0. The lowest BCUT2D eigenvalue weighted by atomic mass is 10.0. The van der Waals surface area contributed by atoms with Gasteiger partial charge in [-0.2, -0.15) is 0 Å². The van der Waals surface area contributed by atoms with Crippen molar-refractivity contribution >= 4 is 17.9 Å². The highest BCUT2D eigenvalue weighted by atomic mass is 16.6. The van der Waals surface area contributed by atoms with Crippen molar-refractivity contribution in [3.63, 3.8) is 0 Å². The lowest BCUT2D eigenvalue weighted by molar-refractivity contribution is -0.167. The molecule has 0 amide bonds. The topological polar surface area (TPSA) is 78.9 Å². The van der Waals surface area contributed by atoms with E-state index in [0.717, 1.165) is 89.9 Å². The summed E-state index contributed by atoms with van der Waals surface area (Å²) in [7, 11) is 0. The summed E-state index contributed by atoms with van der Waals surface area (Å²) < 4.78 is 16.7. The van der Waals surface area contributed by atoms with Gasteiger partial charge in [0, 0.05) is 19.3 Å². The van der Waals surface area contributed by atoms with Gasteiger partial charge in [0.2, 0.25) is 0 Å². The Morgan fingerprint density at radius 2 is 0.696 bits per heavy atom. The Morgan fingerprint density at radius 1 is 0.375 bits per heavy atom. The minimum absolute atomic E-state index is 0.0758. The monoisotopic (exact) mass is 787 g/mol. The van der Waals surface area contributed by atoms with Crippen LogP contribution in [-0.2, 0) is 28.6 Å². The molecule has 0 aromatic heterocycles. The molecule has 0 rings (SSSR count). The summed E-state index contributed by atoms with van der Waals surface area (Å²) in [6.45, 7) is 6.50. The predicted molar refractivity (Wildman–Crippen MR) is 238 cm³/mol. The number of hydrogen-bond donors (Lipinski definition) is 0. The molecule has 1 atom stereocenters. The number of allylic oxidation sites excluding steroid dienone is 6. The van der Waals surface area contributed by atoms with Gasteiger partial charge in [-0.1, -0.05) is 211 Å². The van der Waals surface area contributed by atoms with E-state index in [0.29, 0.717) is 19.3 Å². The fourth-order valence-corrected chi connectivity index (χ4v) is 6.81. The summed E-state index contributed by atoms with van der Waals surface area (Å²) in [5, 5.41) is 0. The van der Waals surface area contributed by atoms with Gasteiger partial charge in [-0.15, -0.1) is 0 Å². The molecule has 6 nitrogen and oxygen atoms in total. The molecule has 0 aliphatic rings. The highest BCUT2D eigenvalue weighted by Crippen LogP contribution is 2.15. The van der Waals surface area contributed by atoms with Crippen LogP contribution in [0.15, 0.2) is 36.5 Å². The first-order valence-corrected chi connectivity index (χ1v) is 24.0. The van der Waals surface area contributed by atoms with Crippen molar-refractivity contribution in [1.29, 1.82) is 0 Å². The maximum atomic E-state index is 12.7. The summed E-state index contributed by atoms with van der Waals surface area (Å²) in [5.74, 6) is -0.893. The number of unbranched alkanes of at least 4 members (excludes halogenated alkanes) is 26. The Labute approximate surface area is 346 Å². The quantitative estimate of drug-likeness (QED) is 0.0265. The highest BCUT2D eigenvalue weighted by Gasteiger charge is 2.19. The first-order valence-electron chi connectivity index (χ1n) is 24.0. The molecule has 0 radical (unpaired) electrons. The average Bonchev–Trinajstić information content (AvgIpc) is 3.19. The molecule has 326 valence electrons. The fraction of sp³-hybridized carbons (Fsp3) is 0.820. The second kappa shape index (κ2) is 45.3. The van der Waals surface area contributed by atoms with Crippen molar-refractivity contribution in [2.24, 2.45) is 0 Å². The normalized spacial score (nSPS) is 12.3. The third kappa shape index (κ3) is 42.8. The Morgan fingerprint density at radius 3 is 1.09 bits per heavy atom. The molecule has 0 saturated heterocycles. The number of rotatable bonds is 43. The van der Waals surface area contributed by atoms with Crippen LogP contribution >= 0.6 is 0 Å². The maximum absolute atomic E-state index is 12.7. The van der Waals surface area contributed by atoms with Gasteiger partial charge in [-0.3, -0.25) is 14.4 Å². The van der Waals surface area contributed by atoms with Crippen LogP contribution in [0.1, 0.15) is 245 Å². The van der Waals surface area contributed by atoms with E-state index in [1.165, 1.54) is 116 Å². The lowest BCUT2D eigenvalue weighted by Crippen LogP contribution is -2.30. The third-order valence-electron chi connectivity index (χ3n) is 10.4. The minimum Gasteiger partial charge on any atom is -0.462 e. The van der Waals surface area contributed by atoms with Gasteiger partial charge in [0.05, 0.1) is 0 Å². The van der Waals surface area contributed by atoms with Crippen molar-refractivity contribution in [1.82, 2.24) is 0 Å². The third-order valence-corrected chi connectivity index (χ3v) is 10.4. The minimum atomic E-state index is -0.774. The van der Waals surface area contributed by atoms with Crippen LogP contribution in [0.2, 0.25) is 0 Å². The zero-order chi connectivity index (χ0) is 40.8. The zero-order valence-electron chi connectivity index (χ0n) is 37.2. The van der Waals surface area contributed by atoms with E-state index >= 15 is 0 Å². The maximum Gasteiger partial charge on any atom is 0.306 e. The molecule has 0 aromatic rings. The number of carbonyl (C=O) groups excluding carboxylic acids is 3. The van der Waals surface area contributed by atoms with Crippen molar-refractivity contribution in [3.8, 4) is 0 Å². The Bertz CT molecular complexity index is 953. The molecule has 0 saturated carbocycles. The summed E-state index contributed by atoms with van der Waals surface area (Å²) >= 11 is 0. The van der Waals surface area contributed by atoms with Crippen LogP contribution in [0.25, 0.3) is 0 Å². The fourth-order valence-electron chi connectivity index (χ4n) is 6.81. The summed E-state index contributed by atoms with van der Waals surface area (Å²) in [4.78, 5) is 37.8. The number of hydrogen-bond acceptors (Lipinski definition) is 6. The first-order chi connectivity index (χ1) is 27.5. The molecule has 0 spiro atoms. The largest absolute Gasteiger partial charge is 0.462 e. The molecule has 0 aliphatic heterocycles. The van der Waals surface area contributed by atoms with Crippen LogP contribution in [0.5, 0.6) is 0 Å². The molecular formula is C50H90O6. The van der Waals surface area contributed by atoms with Crippen molar-refractivity contribution < 1.29 is 28.6 Å². The van der Waals surface area contributed by atoms with Crippen LogP contribution in [0, 0.1) is 0 Å². The van der Waals surface area contributed by atoms with Gasteiger partial charge in [-0.05, 0) is 51.4 Å². The van der Waals surface area contributed by atoms with E-state index in [1.54, 1.807) is 0 Å². The van der Waals surface area contributed by atoms with E-state index in [9.17, 15) is 14.4 Å². The number of carbonyl (C=O) groups is 3. The Hall–Kier alpha value is -2.37. The molecule has 0 aromatic carbocycles. The second-order valence-electron chi connectivity index (χ2n) is 16.0. The average molecular weight is 787 g/mol. The van der Waals surface area contributed by atoms with E-state index in [-0.39, 0.29) is 31.1 Å². The standard InChI is InChI=1S/C50H90O6/c1-4-7-10-13-16-19-22-24-26-28-31-34-37-40-43-49(52)55-46-47(45-54-48(51)42-39-36-33-30-21-18-15-12-9-6-3)56-50(53)44-41-38-35-32-29-27-25-23-20-17-14-11-8-5-2/h7,10,16,19,24,26,47H,4-6,8-9,11-15,17-18,20-23,25,27-46H2,1-3H3/b10-7-,19-16-,26-24-. The molecule has 0 heterocycles. The van der Waals surface area contributed by atoms with Crippen LogP contribution in [0.4, 0.5) is 0 Å². The van der Waals surface area contributed by atoms with Crippen molar-refractivity contribution in [2.75, 3.05) is 13.2 Å². The molecule has 0 fully saturated rings. The first kappa shape index (κ1) is 53.6. The number of esters is 3. The smallest absolute Gasteiger partial charge is 0.306 e. The molecule has 0 aliphatic carbocycles. The molecule has 0 bridgehead atoms. The van der Waals surface area contributed by atoms with Gasteiger partial charge < -0.3 is 14.2 Å². The summed E-state index contributed by atoms with van der Waals surface area (Å²) in [6, 6.07) is 0. The molecular weight excluding hydrogens is 697 g/mol. The van der Waals surface area contributed by atoms with Gasteiger partial charge in [-0.25, -0.2) is 0 Å². The Balaban J connectivity index is 4.37. The lowest BCUT2D eigenvalue weighted by Gasteiger charge is -2.18. The van der Waals surface area contributed by atoms with Crippen LogP contribution in [-0.4, -0.2) is 37.2 Å². The molecule has 0 N–H and O–H groups in total. The summed E-state index contributed by atoms with van der Waals surface area (Å²) in [6.07, 6.45) is 51.2.